The molecule has 0 aliphatic heterocycles. The molecule has 6 nitrogen and oxygen atoms in total. The third-order valence-corrected chi connectivity index (χ3v) is 3.25. The van der Waals surface area contributed by atoms with Crippen molar-refractivity contribution in [1.29, 1.82) is 0 Å². The number of carboxylic acid groups (broad SMARTS) is 1. The molecule has 0 atom stereocenters. The van der Waals surface area contributed by atoms with Gasteiger partial charge in [-0.25, -0.2) is 9.59 Å². The maximum absolute atomic E-state index is 11.6. The number of carbonyl (C=O) groups excluding carboxylic acids is 1. The zero-order valence-electron chi connectivity index (χ0n) is 11.1. The van der Waals surface area contributed by atoms with Crippen LogP contribution in [0.3, 0.4) is 0 Å². The highest BCUT2D eigenvalue weighted by Crippen LogP contribution is 2.25. The average molecular weight is 278 g/mol. The van der Waals surface area contributed by atoms with Crippen LogP contribution in [0.1, 0.15) is 19.3 Å². The fourth-order valence-corrected chi connectivity index (χ4v) is 1.89. The van der Waals surface area contributed by atoms with E-state index < -0.39 is 5.97 Å². The van der Waals surface area contributed by atoms with Crippen LogP contribution in [0.15, 0.2) is 24.3 Å². The zero-order valence-corrected chi connectivity index (χ0v) is 11.1. The summed E-state index contributed by atoms with van der Waals surface area (Å²) in [5.74, 6) is 0.0444. The minimum atomic E-state index is -1.03. The molecule has 0 heterocycles. The van der Waals surface area contributed by atoms with E-state index in [0.717, 1.165) is 0 Å². The summed E-state index contributed by atoms with van der Waals surface area (Å²) >= 11 is 0. The zero-order chi connectivity index (χ0) is 14.4. The number of benzene rings is 1. The van der Waals surface area contributed by atoms with Crippen molar-refractivity contribution in [2.24, 2.45) is 5.92 Å². The van der Waals surface area contributed by atoms with Crippen molar-refractivity contribution in [3.05, 3.63) is 24.3 Å². The van der Waals surface area contributed by atoms with Crippen molar-refractivity contribution >= 4 is 17.7 Å². The predicted molar refractivity (Wildman–Crippen MR) is 73.9 cm³/mol. The van der Waals surface area contributed by atoms with E-state index >= 15 is 0 Å². The van der Waals surface area contributed by atoms with Crippen molar-refractivity contribution < 1.29 is 19.4 Å². The van der Waals surface area contributed by atoms with Gasteiger partial charge in [0.2, 0.25) is 0 Å². The first kappa shape index (κ1) is 14.2. The van der Waals surface area contributed by atoms with Crippen LogP contribution in [-0.2, 0) is 4.79 Å². The molecule has 1 aliphatic rings. The summed E-state index contributed by atoms with van der Waals surface area (Å²) in [4.78, 5) is 22.0. The molecular weight excluding hydrogens is 260 g/mol. The fourth-order valence-electron chi connectivity index (χ4n) is 1.89. The van der Waals surface area contributed by atoms with Gasteiger partial charge in [0.25, 0.3) is 0 Å². The lowest BCUT2D eigenvalue weighted by Crippen LogP contribution is -2.35. The summed E-state index contributed by atoms with van der Waals surface area (Å²) in [5.41, 5.74) is 0.638. The molecule has 0 bridgehead atoms. The van der Waals surface area contributed by atoms with Crippen molar-refractivity contribution in [2.75, 3.05) is 18.5 Å². The third-order valence-electron chi connectivity index (χ3n) is 3.25. The van der Waals surface area contributed by atoms with E-state index in [9.17, 15) is 9.59 Å². The molecule has 6 heteroatoms. The lowest BCUT2D eigenvalue weighted by atomic mass is 9.85. The van der Waals surface area contributed by atoms with Gasteiger partial charge < -0.3 is 20.5 Å². The van der Waals surface area contributed by atoms with Crippen LogP contribution in [0, 0.1) is 5.92 Å². The molecule has 3 N–H and O–H groups in total. The lowest BCUT2D eigenvalue weighted by Gasteiger charge is -2.25. The maximum atomic E-state index is 11.6. The number of carboxylic acids is 1. The van der Waals surface area contributed by atoms with Gasteiger partial charge in [-0.1, -0.05) is 6.42 Å². The Morgan fingerprint density at radius 3 is 2.50 bits per heavy atom. The fraction of sp³-hybridized carbons (Fsp3) is 0.429. The van der Waals surface area contributed by atoms with Crippen LogP contribution >= 0.6 is 0 Å². The molecule has 1 aromatic rings. The van der Waals surface area contributed by atoms with Gasteiger partial charge in [0.15, 0.2) is 6.61 Å². The average Bonchev–Trinajstić information content (AvgIpc) is 2.36. The van der Waals surface area contributed by atoms with Gasteiger partial charge in [-0.3, -0.25) is 0 Å². The first-order valence-electron chi connectivity index (χ1n) is 6.63. The molecule has 20 heavy (non-hydrogen) atoms. The van der Waals surface area contributed by atoms with Gasteiger partial charge >= 0.3 is 12.0 Å². The summed E-state index contributed by atoms with van der Waals surface area (Å²) in [7, 11) is 0. The van der Waals surface area contributed by atoms with Gasteiger partial charge in [0, 0.05) is 12.2 Å². The number of nitrogens with one attached hydrogen (secondary N) is 2. The topological polar surface area (TPSA) is 87.7 Å². The van der Waals surface area contributed by atoms with E-state index in [0.29, 0.717) is 23.9 Å². The molecule has 0 spiro atoms. The van der Waals surface area contributed by atoms with Crippen molar-refractivity contribution in [1.82, 2.24) is 5.32 Å². The standard InChI is InChI=1S/C14H18N2O4/c17-13(18)9-20-12-6-4-11(5-7-12)16-14(19)15-8-10-2-1-3-10/h4-7,10H,1-3,8-9H2,(H,17,18)(H2,15,16,19). The number of aliphatic carboxylic acids is 1. The molecule has 2 amide bonds. The van der Waals surface area contributed by atoms with E-state index in [2.05, 4.69) is 10.6 Å². The van der Waals surface area contributed by atoms with Crippen LogP contribution in [0.2, 0.25) is 0 Å². The first-order valence-corrected chi connectivity index (χ1v) is 6.63. The van der Waals surface area contributed by atoms with E-state index in [1.807, 2.05) is 0 Å². The SMILES string of the molecule is O=C(O)COc1ccc(NC(=O)NCC2CCC2)cc1. The second-order valence-corrected chi connectivity index (χ2v) is 4.84. The molecule has 1 aromatic carbocycles. The molecule has 1 fully saturated rings. The number of amides is 2. The Morgan fingerprint density at radius 1 is 1.25 bits per heavy atom. The van der Waals surface area contributed by atoms with Gasteiger partial charge in [0.05, 0.1) is 0 Å². The van der Waals surface area contributed by atoms with Crippen molar-refractivity contribution in [3.63, 3.8) is 0 Å². The number of anilines is 1. The highest BCUT2D eigenvalue weighted by atomic mass is 16.5. The molecule has 0 aromatic heterocycles. The molecule has 2 rings (SSSR count). The summed E-state index contributed by atoms with van der Waals surface area (Å²) < 4.78 is 5.00. The Hall–Kier alpha value is -2.24. The molecule has 1 aliphatic carbocycles. The van der Waals surface area contributed by atoms with Crippen LogP contribution in [0.4, 0.5) is 10.5 Å². The molecule has 108 valence electrons. The van der Waals surface area contributed by atoms with Gasteiger partial charge in [-0.15, -0.1) is 0 Å². The molecule has 0 unspecified atom stereocenters. The van der Waals surface area contributed by atoms with E-state index in [1.54, 1.807) is 24.3 Å². The Bertz CT molecular complexity index is 469. The first-order chi connectivity index (χ1) is 9.63. The molecule has 1 saturated carbocycles. The normalized spacial score (nSPS) is 14.2. The summed E-state index contributed by atoms with van der Waals surface area (Å²) in [6.45, 7) is 0.334. The highest BCUT2D eigenvalue weighted by molar-refractivity contribution is 5.89. The largest absolute Gasteiger partial charge is 0.482 e. The summed E-state index contributed by atoms with van der Waals surface area (Å²) in [6, 6.07) is 6.34. The minimum absolute atomic E-state index is 0.226. The van der Waals surface area contributed by atoms with Crippen LogP contribution < -0.4 is 15.4 Å². The molecule has 0 saturated heterocycles. The number of hydrogen-bond acceptors (Lipinski definition) is 3. The Morgan fingerprint density at radius 2 is 1.95 bits per heavy atom. The monoisotopic (exact) mass is 278 g/mol. The van der Waals surface area contributed by atoms with Crippen molar-refractivity contribution in [2.45, 2.75) is 19.3 Å². The molecular formula is C14H18N2O4. The van der Waals surface area contributed by atoms with Crippen molar-refractivity contribution in [3.8, 4) is 5.75 Å². The van der Waals surface area contributed by atoms with E-state index in [4.69, 9.17) is 9.84 Å². The van der Waals surface area contributed by atoms with Crippen LogP contribution in [0.25, 0.3) is 0 Å². The Balaban J connectivity index is 1.74. The number of hydrogen-bond donors (Lipinski definition) is 3. The van der Waals surface area contributed by atoms with Gasteiger partial charge in [-0.2, -0.15) is 0 Å². The Labute approximate surface area is 117 Å². The van der Waals surface area contributed by atoms with Crippen LogP contribution in [0.5, 0.6) is 5.75 Å². The number of rotatable bonds is 6. The second-order valence-electron chi connectivity index (χ2n) is 4.84. The van der Waals surface area contributed by atoms with Gasteiger partial charge in [-0.05, 0) is 43.0 Å². The number of carbonyl (C=O) groups is 2. The summed E-state index contributed by atoms with van der Waals surface area (Å²) in [6.07, 6.45) is 3.64. The lowest BCUT2D eigenvalue weighted by molar-refractivity contribution is -0.139. The van der Waals surface area contributed by atoms with E-state index in [-0.39, 0.29) is 12.6 Å². The number of ether oxygens (including phenoxy) is 1. The smallest absolute Gasteiger partial charge is 0.341 e. The minimum Gasteiger partial charge on any atom is -0.482 e. The number of urea groups is 1. The quantitative estimate of drug-likeness (QED) is 0.743. The summed E-state index contributed by atoms with van der Waals surface area (Å²) in [5, 5.41) is 14.0. The van der Waals surface area contributed by atoms with Crippen LogP contribution in [-0.4, -0.2) is 30.3 Å². The molecule has 0 radical (unpaired) electrons. The second kappa shape index (κ2) is 6.79. The Kier molecular flexibility index (Phi) is 4.81. The third kappa shape index (κ3) is 4.46. The van der Waals surface area contributed by atoms with Gasteiger partial charge in [0.1, 0.15) is 5.75 Å². The van der Waals surface area contributed by atoms with E-state index in [1.165, 1.54) is 19.3 Å². The maximum Gasteiger partial charge on any atom is 0.341 e. The highest BCUT2D eigenvalue weighted by Gasteiger charge is 2.17. The predicted octanol–water partition coefficient (Wildman–Crippen LogP) is 2.07.